The highest BCUT2D eigenvalue weighted by Crippen LogP contribution is 2.57. The fourth-order valence-corrected chi connectivity index (χ4v) is 7.27. The van der Waals surface area contributed by atoms with Gasteiger partial charge in [-0.1, -0.05) is 36.4 Å². The third kappa shape index (κ3) is 6.66. The smallest absolute Gasteiger partial charge is 0.239 e. The third-order valence-corrected chi connectivity index (χ3v) is 10.3. The number of likely N-dealkylation sites (N-methyl/N-ethyl adjacent to an activating group) is 1. The highest BCUT2D eigenvalue weighted by atomic mass is 32.3. The zero-order valence-electron chi connectivity index (χ0n) is 26.3. The zero-order valence-corrected chi connectivity index (χ0v) is 27.1. The van der Waals surface area contributed by atoms with E-state index in [1.165, 1.54) is 7.05 Å². The topological polar surface area (TPSA) is 155 Å². The Hall–Kier alpha value is -4.04. The molecule has 4 aromatic rings. The molecule has 0 spiro atoms. The molecule has 2 aromatic carbocycles. The summed E-state index contributed by atoms with van der Waals surface area (Å²) in [5.41, 5.74) is 6.28. The van der Waals surface area contributed by atoms with Crippen LogP contribution in [0.5, 0.6) is 5.88 Å². The number of hydrogen-bond donors (Lipinski definition) is 4. The molecule has 2 unspecified atom stereocenters. The predicted octanol–water partition coefficient (Wildman–Crippen LogP) is 4.54. The Morgan fingerprint density at radius 1 is 1.13 bits per heavy atom. The van der Waals surface area contributed by atoms with Gasteiger partial charge in [-0.25, -0.2) is 9.67 Å². The molecule has 0 fully saturated rings. The molecule has 5 rings (SSSR count). The van der Waals surface area contributed by atoms with Crippen LogP contribution in [0.2, 0.25) is 0 Å². The fraction of sp³-hybridized carbons (Fsp3) is 0.406. The molecule has 12 nitrogen and oxygen atoms in total. The van der Waals surface area contributed by atoms with E-state index in [0.717, 1.165) is 38.9 Å². The van der Waals surface area contributed by atoms with Crippen LogP contribution in [0.3, 0.4) is 0 Å². The predicted molar refractivity (Wildman–Crippen MR) is 173 cm³/mol. The van der Waals surface area contributed by atoms with Crippen LogP contribution in [0.15, 0.2) is 53.6 Å². The number of fused-ring (bicyclic) bond motifs is 2. The van der Waals surface area contributed by atoms with E-state index < -0.39 is 10.8 Å². The summed E-state index contributed by atoms with van der Waals surface area (Å²) in [7, 11) is -1.88. The number of aromatic nitrogens is 4. The van der Waals surface area contributed by atoms with Gasteiger partial charge in [0.25, 0.3) is 0 Å². The van der Waals surface area contributed by atoms with Crippen molar-refractivity contribution in [2.24, 2.45) is 0 Å². The molecule has 1 aliphatic rings. The lowest BCUT2D eigenvalue weighted by molar-refractivity contribution is -0.126. The van der Waals surface area contributed by atoms with Crippen molar-refractivity contribution in [3.05, 3.63) is 76.5 Å². The Labute approximate surface area is 264 Å². The van der Waals surface area contributed by atoms with Gasteiger partial charge in [0.1, 0.15) is 16.5 Å². The number of aryl methyl sites for hydroxylation is 3. The molecule has 2 amide bonds. The molecule has 13 heteroatoms. The minimum atomic E-state index is -3.40. The first-order valence-corrected chi connectivity index (χ1v) is 16.6. The summed E-state index contributed by atoms with van der Waals surface area (Å²) in [6.45, 7) is 9.08. The SMILES string of the molecule is CCC1CN(Cc2cc(C(CC(=O)NCC(=O)NC)c3ccc4c(nnn4CC)c3C)ccc2C)S(O)(O)c2cccnc2O1. The molecule has 2 aromatic heterocycles. The van der Waals surface area contributed by atoms with E-state index in [0.29, 0.717) is 19.5 Å². The van der Waals surface area contributed by atoms with Crippen LogP contribution in [-0.4, -0.2) is 71.4 Å². The van der Waals surface area contributed by atoms with Crippen molar-refractivity contribution < 1.29 is 23.4 Å². The fourth-order valence-electron chi connectivity index (χ4n) is 5.70. The van der Waals surface area contributed by atoms with Crippen LogP contribution in [0, 0.1) is 13.8 Å². The number of carbonyl (C=O) groups excluding carboxylic acids is 2. The van der Waals surface area contributed by atoms with Crippen LogP contribution >= 0.6 is 10.8 Å². The Morgan fingerprint density at radius 2 is 1.93 bits per heavy atom. The number of rotatable bonds is 10. The lowest BCUT2D eigenvalue weighted by atomic mass is 9.84. The molecule has 1 aliphatic heterocycles. The Morgan fingerprint density at radius 3 is 2.67 bits per heavy atom. The van der Waals surface area contributed by atoms with Crippen molar-refractivity contribution >= 4 is 33.6 Å². The Kier molecular flexibility index (Phi) is 9.73. The summed E-state index contributed by atoms with van der Waals surface area (Å²) in [5.74, 6) is -0.678. The lowest BCUT2D eigenvalue weighted by Crippen LogP contribution is -2.35. The summed E-state index contributed by atoms with van der Waals surface area (Å²) in [5, 5.41) is 14.0. The van der Waals surface area contributed by atoms with Crippen LogP contribution in [0.1, 0.15) is 60.4 Å². The lowest BCUT2D eigenvalue weighted by Gasteiger charge is -2.41. The highest BCUT2D eigenvalue weighted by molar-refractivity contribution is 8.22. The molecule has 0 bridgehead atoms. The van der Waals surface area contributed by atoms with Crippen LogP contribution in [0.25, 0.3) is 11.0 Å². The number of ether oxygens (including phenoxy) is 1. The second-order valence-corrected chi connectivity index (χ2v) is 13.2. The van der Waals surface area contributed by atoms with Crippen molar-refractivity contribution in [3.8, 4) is 5.88 Å². The molecule has 45 heavy (non-hydrogen) atoms. The average molecular weight is 636 g/mol. The first-order chi connectivity index (χ1) is 21.6. The number of nitrogens with zero attached hydrogens (tertiary/aromatic N) is 5. The molecule has 3 heterocycles. The van der Waals surface area contributed by atoms with Crippen molar-refractivity contribution in [1.29, 1.82) is 0 Å². The first kappa shape index (κ1) is 32.4. The minimum absolute atomic E-state index is 0.0947. The van der Waals surface area contributed by atoms with Gasteiger partial charge in [-0.2, -0.15) is 4.31 Å². The van der Waals surface area contributed by atoms with Gasteiger partial charge in [0, 0.05) is 38.7 Å². The van der Waals surface area contributed by atoms with Crippen molar-refractivity contribution in [1.82, 2.24) is 34.9 Å². The summed E-state index contributed by atoms with van der Waals surface area (Å²) in [4.78, 5) is 29.6. The van der Waals surface area contributed by atoms with E-state index in [2.05, 4.69) is 25.9 Å². The number of nitrogens with one attached hydrogen (secondary N) is 2. The zero-order chi connectivity index (χ0) is 32.3. The van der Waals surface area contributed by atoms with E-state index in [9.17, 15) is 18.7 Å². The average Bonchev–Trinajstić information content (AvgIpc) is 3.43. The van der Waals surface area contributed by atoms with Gasteiger partial charge in [0.15, 0.2) is 0 Å². The van der Waals surface area contributed by atoms with E-state index in [-0.39, 0.29) is 54.1 Å². The van der Waals surface area contributed by atoms with Gasteiger partial charge in [0.05, 0.1) is 18.6 Å². The highest BCUT2D eigenvalue weighted by Gasteiger charge is 2.36. The van der Waals surface area contributed by atoms with Gasteiger partial charge in [-0.05, 0) is 73.2 Å². The van der Waals surface area contributed by atoms with Crippen molar-refractivity contribution in [2.75, 3.05) is 20.1 Å². The second-order valence-electron chi connectivity index (χ2n) is 11.2. The van der Waals surface area contributed by atoms with Crippen LogP contribution in [-0.2, 0) is 22.7 Å². The van der Waals surface area contributed by atoms with Gasteiger partial charge in [-0.15, -0.1) is 15.9 Å². The van der Waals surface area contributed by atoms with Gasteiger partial charge in [0.2, 0.25) is 17.7 Å². The second kappa shape index (κ2) is 13.5. The Bertz CT molecular complexity index is 1710. The molecule has 0 saturated heterocycles. The monoisotopic (exact) mass is 635 g/mol. The van der Waals surface area contributed by atoms with Gasteiger partial charge >= 0.3 is 0 Å². The number of carbonyl (C=O) groups is 2. The van der Waals surface area contributed by atoms with E-state index >= 15 is 0 Å². The minimum Gasteiger partial charge on any atom is -0.472 e. The molecule has 0 radical (unpaired) electrons. The van der Waals surface area contributed by atoms with Crippen LogP contribution < -0.4 is 15.4 Å². The summed E-state index contributed by atoms with van der Waals surface area (Å²) in [6.07, 6.45) is 2.06. The molecule has 240 valence electrons. The largest absolute Gasteiger partial charge is 0.472 e. The molecule has 0 aliphatic carbocycles. The molecule has 2 atom stereocenters. The van der Waals surface area contributed by atoms with E-state index in [1.54, 1.807) is 22.6 Å². The first-order valence-electron chi connectivity index (χ1n) is 15.1. The molecule has 0 saturated carbocycles. The van der Waals surface area contributed by atoms with Gasteiger partial charge < -0.3 is 15.4 Å². The Balaban J connectivity index is 1.54. The molecular formula is C32H41N7O5S. The van der Waals surface area contributed by atoms with Crippen LogP contribution in [0.4, 0.5) is 0 Å². The summed E-state index contributed by atoms with van der Waals surface area (Å²) < 4.78 is 32.7. The standard InChI is InChI=1S/C32H41N7O5S/c1-6-24-19-38(45(42,43)28-9-8-14-34-32(28)44-24)18-23-15-22(11-10-20(23)3)26(16-29(40)35-17-30(41)33-5)25-12-13-27-31(21(25)4)36-37-39(27)7-2/h8-15,24,26,42-43H,6-7,16-19H2,1-5H3,(H,33,41)(H,35,40). The third-order valence-electron chi connectivity index (χ3n) is 8.43. The van der Waals surface area contributed by atoms with E-state index in [4.69, 9.17) is 4.74 Å². The number of pyridine rings is 1. The van der Waals surface area contributed by atoms with E-state index in [1.807, 2.05) is 62.7 Å². The van der Waals surface area contributed by atoms with Gasteiger partial charge in [-0.3, -0.25) is 18.7 Å². The maximum atomic E-state index is 13.2. The van der Waals surface area contributed by atoms with Crippen molar-refractivity contribution in [2.45, 2.75) is 70.5 Å². The molecule has 4 N–H and O–H groups in total. The number of benzene rings is 2. The maximum Gasteiger partial charge on any atom is 0.239 e. The maximum absolute atomic E-state index is 13.2. The number of amides is 2. The van der Waals surface area contributed by atoms with Crippen molar-refractivity contribution in [3.63, 3.8) is 0 Å². The quantitative estimate of drug-likeness (QED) is 0.197. The normalized spacial score (nSPS) is 17.5. The summed E-state index contributed by atoms with van der Waals surface area (Å²) in [6, 6.07) is 13.3. The summed E-state index contributed by atoms with van der Waals surface area (Å²) >= 11 is 0. The number of hydrogen-bond acceptors (Lipinski definition) is 9. The molecular weight excluding hydrogens is 594 g/mol.